The van der Waals surface area contributed by atoms with Crippen LogP contribution in [0.2, 0.25) is 0 Å². The van der Waals surface area contributed by atoms with Gasteiger partial charge in [0.15, 0.2) is 0 Å². The van der Waals surface area contributed by atoms with E-state index in [1.165, 1.54) is 6.33 Å². The number of aromatic nitrogens is 3. The van der Waals surface area contributed by atoms with Crippen molar-refractivity contribution in [2.24, 2.45) is 7.05 Å². The molecule has 0 fully saturated rings. The van der Waals surface area contributed by atoms with Gasteiger partial charge in [-0.1, -0.05) is 0 Å². The van der Waals surface area contributed by atoms with Gasteiger partial charge in [-0.2, -0.15) is 10.4 Å². The van der Waals surface area contributed by atoms with Crippen LogP contribution in [-0.2, 0) is 13.6 Å². The molecule has 0 aliphatic heterocycles. The van der Waals surface area contributed by atoms with Gasteiger partial charge in [-0.05, 0) is 12.1 Å². The van der Waals surface area contributed by atoms with Gasteiger partial charge in [0.05, 0.1) is 31.0 Å². The van der Waals surface area contributed by atoms with Crippen molar-refractivity contribution >= 4 is 5.69 Å². The summed E-state index contributed by atoms with van der Waals surface area (Å²) in [5.41, 5.74) is 1.38. The highest BCUT2D eigenvalue weighted by atomic mass is 16.5. The largest absolute Gasteiger partial charge is 0.495 e. The van der Waals surface area contributed by atoms with E-state index in [0.717, 1.165) is 11.5 Å². The summed E-state index contributed by atoms with van der Waals surface area (Å²) in [5, 5.41) is 16.0. The molecule has 0 aliphatic carbocycles. The van der Waals surface area contributed by atoms with E-state index in [2.05, 4.69) is 21.5 Å². The first-order valence-corrected chi connectivity index (χ1v) is 5.39. The summed E-state index contributed by atoms with van der Waals surface area (Å²) in [7, 11) is 3.41. The van der Waals surface area contributed by atoms with Crippen LogP contribution >= 0.6 is 0 Å². The summed E-state index contributed by atoms with van der Waals surface area (Å²) in [6.07, 6.45) is 1.51. The molecule has 1 aromatic heterocycles. The van der Waals surface area contributed by atoms with Crippen molar-refractivity contribution in [3.05, 3.63) is 35.9 Å². The molecule has 1 aromatic carbocycles. The normalized spacial score (nSPS) is 9.83. The second-order valence-corrected chi connectivity index (χ2v) is 3.68. The van der Waals surface area contributed by atoms with Crippen molar-refractivity contribution in [2.45, 2.75) is 6.54 Å². The minimum Gasteiger partial charge on any atom is -0.495 e. The van der Waals surface area contributed by atoms with E-state index >= 15 is 0 Å². The highest BCUT2D eigenvalue weighted by molar-refractivity contribution is 5.59. The lowest BCUT2D eigenvalue weighted by molar-refractivity contribution is 0.416. The van der Waals surface area contributed by atoms with E-state index in [0.29, 0.717) is 17.9 Å². The van der Waals surface area contributed by atoms with Gasteiger partial charge in [-0.3, -0.25) is 4.68 Å². The third-order valence-electron chi connectivity index (χ3n) is 2.57. The van der Waals surface area contributed by atoms with Crippen LogP contribution in [0.5, 0.6) is 5.75 Å². The molecule has 18 heavy (non-hydrogen) atoms. The van der Waals surface area contributed by atoms with E-state index in [1.54, 1.807) is 23.9 Å². The van der Waals surface area contributed by atoms with Crippen LogP contribution in [0.25, 0.3) is 0 Å². The van der Waals surface area contributed by atoms with Crippen molar-refractivity contribution in [3.63, 3.8) is 0 Å². The van der Waals surface area contributed by atoms with Crippen LogP contribution in [0.1, 0.15) is 11.4 Å². The molecule has 0 atom stereocenters. The Hall–Kier alpha value is -2.55. The van der Waals surface area contributed by atoms with Gasteiger partial charge < -0.3 is 10.1 Å². The molecule has 0 bridgehead atoms. The van der Waals surface area contributed by atoms with Crippen LogP contribution in [-0.4, -0.2) is 21.9 Å². The molecule has 0 unspecified atom stereocenters. The Morgan fingerprint density at radius 1 is 1.50 bits per heavy atom. The fourth-order valence-corrected chi connectivity index (χ4v) is 1.56. The average molecular weight is 243 g/mol. The van der Waals surface area contributed by atoms with Crippen molar-refractivity contribution in [3.8, 4) is 11.8 Å². The summed E-state index contributed by atoms with van der Waals surface area (Å²) in [4.78, 5) is 4.12. The zero-order valence-corrected chi connectivity index (χ0v) is 10.2. The van der Waals surface area contributed by atoms with Crippen molar-refractivity contribution in [1.82, 2.24) is 14.8 Å². The number of rotatable bonds is 4. The van der Waals surface area contributed by atoms with Gasteiger partial charge in [-0.25, -0.2) is 4.98 Å². The Bertz CT molecular complexity index is 584. The molecule has 6 heteroatoms. The van der Waals surface area contributed by atoms with Gasteiger partial charge in [-0.15, -0.1) is 0 Å². The smallest absolute Gasteiger partial charge is 0.145 e. The number of nitriles is 1. The Balaban J connectivity index is 2.15. The maximum absolute atomic E-state index is 8.82. The standard InChI is InChI=1S/C12H13N5O/c1-17-12(15-8-16-17)7-14-10-4-3-9(6-13)5-11(10)18-2/h3-5,8,14H,7H2,1-2H3. The molecular weight excluding hydrogens is 230 g/mol. The lowest BCUT2D eigenvalue weighted by atomic mass is 10.2. The Kier molecular flexibility index (Phi) is 3.44. The molecule has 92 valence electrons. The first-order chi connectivity index (χ1) is 8.74. The topological polar surface area (TPSA) is 75.8 Å². The summed E-state index contributed by atoms with van der Waals surface area (Å²) in [6, 6.07) is 7.32. The molecule has 2 aromatic rings. The van der Waals surface area contributed by atoms with Gasteiger partial charge in [0.25, 0.3) is 0 Å². The molecule has 1 heterocycles. The molecule has 0 spiro atoms. The maximum atomic E-state index is 8.82. The predicted octanol–water partition coefficient (Wildman–Crippen LogP) is 1.31. The molecule has 0 radical (unpaired) electrons. The lowest BCUT2D eigenvalue weighted by Gasteiger charge is -2.10. The highest BCUT2D eigenvalue weighted by Gasteiger charge is 2.06. The predicted molar refractivity (Wildman–Crippen MR) is 66.0 cm³/mol. The lowest BCUT2D eigenvalue weighted by Crippen LogP contribution is -2.07. The first-order valence-electron chi connectivity index (χ1n) is 5.39. The maximum Gasteiger partial charge on any atom is 0.145 e. The second-order valence-electron chi connectivity index (χ2n) is 3.68. The zero-order chi connectivity index (χ0) is 13.0. The van der Waals surface area contributed by atoms with E-state index < -0.39 is 0 Å². The molecule has 6 nitrogen and oxygen atoms in total. The Morgan fingerprint density at radius 3 is 2.94 bits per heavy atom. The van der Waals surface area contributed by atoms with Crippen LogP contribution < -0.4 is 10.1 Å². The van der Waals surface area contributed by atoms with Crippen LogP contribution in [0.4, 0.5) is 5.69 Å². The Morgan fingerprint density at radius 2 is 2.33 bits per heavy atom. The second kappa shape index (κ2) is 5.19. The molecule has 0 saturated heterocycles. The molecule has 1 N–H and O–H groups in total. The number of hydrogen-bond acceptors (Lipinski definition) is 5. The van der Waals surface area contributed by atoms with E-state index in [1.807, 2.05) is 13.1 Å². The minimum absolute atomic E-state index is 0.540. The number of methoxy groups -OCH3 is 1. The first kappa shape index (κ1) is 11.9. The van der Waals surface area contributed by atoms with E-state index in [4.69, 9.17) is 10.00 Å². The number of anilines is 1. The number of nitrogens with zero attached hydrogens (tertiary/aromatic N) is 4. The molecular formula is C12H13N5O. The van der Waals surface area contributed by atoms with Gasteiger partial charge in [0, 0.05) is 13.1 Å². The van der Waals surface area contributed by atoms with Crippen LogP contribution in [0.15, 0.2) is 24.5 Å². The Labute approximate surface area is 105 Å². The minimum atomic E-state index is 0.540. The third-order valence-corrected chi connectivity index (χ3v) is 2.57. The number of benzene rings is 1. The third kappa shape index (κ3) is 2.40. The van der Waals surface area contributed by atoms with Gasteiger partial charge in [0.2, 0.25) is 0 Å². The van der Waals surface area contributed by atoms with Crippen molar-refractivity contribution in [1.29, 1.82) is 5.26 Å². The molecule has 0 amide bonds. The fraction of sp³-hybridized carbons (Fsp3) is 0.250. The number of hydrogen-bond donors (Lipinski definition) is 1. The SMILES string of the molecule is COc1cc(C#N)ccc1NCc1ncnn1C. The van der Waals surface area contributed by atoms with Crippen molar-refractivity contribution < 1.29 is 4.74 Å². The van der Waals surface area contributed by atoms with Crippen molar-refractivity contribution in [2.75, 3.05) is 12.4 Å². The van der Waals surface area contributed by atoms with E-state index in [9.17, 15) is 0 Å². The summed E-state index contributed by atoms with van der Waals surface area (Å²) in [6.45, 7) is 0.540. The monoisotopic (exact) mass is 243 g/mol. The molecule has 2 rings (SSSR count). The van der Waals surface area contributed by atoms with E-state index in [-0.39, 0.29) is 0 Å². The van der Waals surface area contributed by atoms with Gasteiger partial charge in [0.1, 0.15) is 17.9 Å². The van der Waals surface area contributed by atoms with Crippen LogP contribution in [0.3, 0.4) is 0 Å². The molecule has 0 saturated carbocycles. The number of aryl methyl sites for hydroxylation is 1. The number of ether oxygens (including phenoxy) is 1. The van der Waals surface area contributed by atoms with Gasteiger partial charge >= 0.3 is 0 Å². The quantitative estimate of drug-likeness (QED) is 0.876. The summed E-state index contributed by atoms with van der Waals surface area (Å²) < 4.78 is 6.93. The fourth-order valence-electron chi connectivity index (χ4n) is 1.56. The molecule has 0 aliphatic rings. The highest BCUT2D eigenvalue weighted by Crippen LogP contribution is 2.25. The summed E-state index contributed by atoms with van der Waals surface area (Å²) >= 11 is 0. The number of nitrogens with one attached hydrogen (secondary N) is 1. The summed E-state index contributed by atoms with van der Waals surface area (Å²) in [5.74, 6) is 1.46. The van der Waals surface area contributed by atoms with Crippen LogP contribution in [0, 0.1) is 11.3 Å². The zero-order valence-electron chi connectivity index (χ0n) is 10.2. The average Bonchev–Trinajstić information content (AvgIpc) is 2.81.